The van der Waals surface area contributed by atoms with E-state index >= 15 is 0 Å². The van der Waals surface area contributed by atoms with Crippen LogP contribution in [-0.4, -0.2) is 23.2 Å². The number of phenols is 1. The molecule has 1 aromatic heterocycles. The van der Waals surface area contributed by atoms with Crippen molar-refractivity contribution in [3.63, 3.8) is 0 Å². The van der Waals surface area contributed by atoms with E-state index in [1.54, 1.807) is 0 Å². The van der Waals surface area contributed by atoms with Gasteiger partial charge in [-0.25, -0.2) is 0 Å². The first-order valence-corrected chi connectivity index (χ1v) is 10.1. The summed E-state index contributed by atoms with van der Waals surface area (Å²) in [5, 5.41) is 13.5. The van der Waals surface area contributed by atoms with Crippen LogP contribution < -0.4 is 5.32 Å². The number of aromatic nitrogens is 1. The molecule has 1 saturated heterocycles. The fourth-order valence-electron chi connectivity index (χ4n) is 4.23. The normalized spacial score (nSPS) is 21.0. The molecule has 1 aliphatic heterocycles. The first-order valence-electron chi connectivity index (χ1n) is 8.50. The summed E-state index contributed by atoms with van der Waals surface area (Å²) < 4.78 is 2.05. The van der Waals surface area contributed by atoms with Crippen molar-refractivity contribution in [2.75, 3.05) is 13.1 Å². The lowest BCUT2D eigenvalue weighted by molar-refractivity contribution is 0.337. The van der Waals surface area contributed by atoms with Gasteiger partial charge in [-0.05, 0) is 95.5 Å². The Morgan fingerprint density at radius 2 is 1.79 bits per heavy atom. The average Bonchev–Trinajstić information content (AvgIpc) is 2.72. The van der Waals surface area contributed by atoms with Crippen LogP contribution in [0, 0.1) is 5.92 Å². The van der Waals surface area contributed by atoms with Crippen molar-refractivity contribution in [2.24, 2.45) is 5.92 Å². The van der Waals surface area contributed by atoms with E-state index < -0.39 is 0 Å². The molecule has 0 saturated carbocycles. The van der Waals surface area contributed by atoms with Gasteiger partial charge >= 0.3 is 0 Å². The van der Waals surface area contributed by atoms with Gasteiger partial charge in [-0.2, -0.15) is 0 Å². The molecule has 2 aliphatic rings. The number of hydrogen-bond acceptors (Lipinski definition) is 3. The lowest BCUT2D eigenvalue weighted by atomic mass is 9.77. The lowest BCUT2D eigenvalue weighted by Crippen LogP contribution is -2.32. The Bertz CT molecular complexity index is 772. The number of fused-ring (bicyclic) bond motifs is 2. The molecule has 0 radical (unpaired) electrons. The molecular formula is C19H20Br2N2O. The quantitative estimate of drug-likeness (QED) is 0.668. The Labute approximate surface area is 159 Å². The van der Waals surface area contributed by atoms with Crippen molar-refractivity contribution >= 4 is 31.9 Å². The standard InChI is InChI=1S/C19H20Br2N2O/c20-14-7-13-2-1-12-8-15(24)9-16(21)17(12)18(19(13)23-10-14)11-3-5-22-6-4-11/h7-11,18,22,24H,1-6H2/t18-/m1/s1. The Hall–Kier alpha value is -0.910. The maximum absolute atomic E-state index is 10.1. The summed E-state index contributed by atoms with van der Waals surface area (Å²) in [4.78, 5) is 4.85. The van der Waals surface area contributed by atoms with E-state index in [0.717, 1.165) is 47.7 Å². The molecular weight excluding hydrogens is 432 g/mol. The van der Waals surface area contributed by atoms with Crippen LogP contribution in [0.15, 0.2) is 33.3 Å². The number of rotatable bonds is 1. The molecule has 1 atom stereocenters. The zero-order valence-corrected chi connectivity index (χ0v) is 16.5. The Morgan fingerprint density at radius 3 is 2.58 bits per heavy atom. The molecule has 4 rings (SSSR count). The van der Waals surface area contributed by atoms with Gasteiger partial charge < -0.3 is 10.4 Å². The Kier molecular flexibility index (Phi) is 4.67. The fourth-order valence-corrected chi connectivity index (χ4v) is 5.34. The number of nitrogens with one attached hydrogen (secondary N) is 1. The minimum atomic E-state index is 0.294. The summed E-state index contributed by atoms with van der Waals surface area (Å²) in [7, 11) is 0. The molecule has 1 aromatic carbocycles. The topological polar surface area (TPSA) is 45.2 Å². The van der Waals surface area contributed by atoms with Gasteiger partial charge in [0.15, 0.2) is 0 Å². The molecule has 0 spiro atoms. The van der Waals surface area contributed by atoms with Crippen molar-refractivity contribution in [2.45, 2.75) is 31.6 Å². The number of aryl methyl sites for hydroxylation is 2. The summed E-state index contributed by atoms with van der Waals surface area (Å²) >= 11 is 7.30. The van der Waals surface area contributed by atoms with Crippen LogP contribution in [0.2, 0.25) is 0 Å². The van der Waals surface area contributed by atoms with Gasteiger partial charge in [0.25, 0.3) is 0 Å². The summed E-state index contributed by atoms with van der Waals surface area (Å²) in [5.41, 5.74) is 5.12. The van der Waals surface area contributed by atoms with Crippen LogP contribution in [0.3, 0.4) is 0 Å². The maximum Gasteiger partial charge on any atom is 0.116 e. The summed E-state index contributed by atoms with van der Waals surface area (Å²) in [6.45, 7) is 2.14. The highest BCUT2D eigenvalue weighted by Gasteiger charge is 2.34. The minimum Gasteiger partial charge on any atom is -0.508 e. The molecule has 2 N–H and O–H groups in total. The third-order valence-corrected chi connectivity index (χ3v) is 6.38. The molecule has 3 nitrogen and oxygen atoms in total. The zero-order chi connectivity index (χ0) is 16.7. The number of pyridine rings is 1. The van der Waals surface area contributed by atoms with Crippen LogP contribution in [0.4, 0.5) is 0 Å². The molecule has 2 aromatic rings. The number of benzene rings is 1. The third-order valence-electron chi connectivity index (χ3n) is 5.29. The summed E-state index contributed by atoms with van der Waals surface area (Å²) in [6.07, 6.45) is 6.15. The monoisotopic (exact) mass is 450 g/mol. The van der Waals surface area contributed by atoms with Gasteiger partial charge in [-0.1, -0.05) is 15.9 Å². The number of aromatic hydroxyl groups is 1. The van der Waals surface area contributed by atoms with Gasteiger partial charge in [-0.15, -0.1) is 0 Å². The van der Waals surface area contributed by atoms with Gasteiger partial charge in [0.05, 0.1) is 5.69 Å². The van der Waals surface area contributed by atoms with Crippen LogP contribution in [0.25, 0.3) is 0 Å². The number of nitrogens with zero attached hydrogens (tertiary/aromatic N) is 1. The van der Waals surface area contributed by atoms with Gasteiger partial charge in [0.1, 0.15) is 5.75 Å². The van der Waals surface area contributed by atoms with E-state index in [2.05, 4.69) is 43.2 Å². The highest BCUT2D eigenvalue weighted by Crippen LogP contribution is 2.45. The molecule has 0 bridgehead atoms. The fraction of sp³-hybridized carbons (Fsp3) is 0.421. The van der Waals surface area contributed by atoms with Gasteiger partial charge in [-0.3, -0.25) is 4.98 Å². The second-order valence-corrected chi connectivity index (χ2v) is 8.53. The summed E-state index contributed by atoms with van der Waals surface area (Å²) in [5.74, 6) is 1.21. The Balaban J connectivity index is 1.91. The van der Waals surface area contributed by atoms with Crippen molar-refractivity contribution in [3.05, 3.63) is 55.7 Å². The van der Waals surface area contributed by atoms with E-state index in [1.807, 2.05) is 18.3 Å². The van der Waals surface area contributed by atoms with Crippen LogP contribution >= 0.6 is 31.9 Å². The first-order chi connectivity index (χ1) is 11.6. The SMILES string of the molecule is Oc1cc(Br)c2c(c1)CCc1cc(Br)cnc1[C@@H]2C1CCNCC1. The number of piperidine rings is 1. The molecule has 0 amide bonds. The van der Waals surface area contributed by atoms with E-state index in [-0.39, 0.29) is 0 Å². The number of phenolic OH excluding ortho intramolecular Hbond substituents is 1. The van der Waals surface area contributed by atoms with Crippen LogP contribution in [0.5, 0.6) is 5.75 Å². The smallest absolute Gasteiger partial charge is 0.116 e. The number of halogens is 2. The number of hydrogen-bond donors (Lipinski definition) is 2. The molecule has 1 fully saturated rings. The highest BCUT2D eigenvalue weighted by molar-refractivity contribution is 9.10. The molecule has 5 heteroatoms. The van der Waals surface area contributed by atoms with Crippen LogP contribution in [-0.2, 0) is 12.8 Å². The van der Waals surface area contributed by atoms with E-state index in [9.17, 15) is 5.11 Å². The average molecular weight is 452 g/mol. The lowest BCUT2D eigenvalue weighted by Gasteiger charge is -2.32. The van der Waals surface area contributed by atoms with Crippen molar-refractivity contribution in [1.82, 2.24) is 10.3 Å². The summed E-state index contributed by atoms with van der Waals surface area (Å²) in [6, 6.07) is 5.99. The minimum absolute atomic E-state index is 0.294. The molecule has 1 aliphatic carbocycles. The van der Waals surface area contributed by atoms with E-state index in [4.69, 9.17) is 4.98 Å². The van der Waals surface area contributed by atoms with Crippen LogP contribution in [0.1, 0.15) is 41.1 Å². The van der Waals surface area contributed by atoms with Gasteiger partial charge in [0.2, 0.25) is 0 Å². The largest absolute Gasteiger partial charge is 0.508 e. The zero-order valence-electron chi connectivity index (χ0n) is 13.4. The second kappa shape index (κ2) is 6.77. The molecule has 2 heterocycles. The maximum atomic E-state index is 10.1. The van der Waals surface area contributed by atoms with E-state index in [0.29, 0.717) is 17.6 Å². The molecule has 0 unspecified atom stereocenters. The van der Waals surface area contributed by atoms with Crippen molar-refractivity contribution in [1.29, 1.82) is 0 Å². The second-order valence-electron chi connectivity index (χ2n) is 6.76. The first kappa shape index (κ1) is 16.6. The molecule has 126 valence electrons. The molecule has 24 heavy (non-hydrogen) atoms. The van der Waals surface area contributed by atoms with Gasteiger partial charge in [0, 0.05) is 21.1 Å². The predicted octanol–water partition coefficient (Wildman–Crippen LogP) is 4.54. The highest BCUT2D eigenvalue weighted by atomic mass is 79.9. The van der Waals surface area contributed by atoms with E-state index in [1.165, 1.54) is 22.4 Å². The van der Waals surface area contributed by atoms with Crippen molar-refractivity contribution in [3.8, 4) is 5.75 Å². The van der Waals surface area contributed by atoms with Crippen molar-refractivity contribution < 1.29 is 5.11 Å². The Morgan fingerprint density at radius 1 is 1.04 bits per heavy atom. The predicted molar refractivity (Wildman–Crippen MR) is 103 cm³/mol. The third kappa shape index (κ3) is 3.02.